The third-order valence-electron chi connectivity index (χ3n) is 5.11. The summed E-state index contributed by atoms with van der Waals surface area (Å²) < 4.78 is 33.5. The van der Waals surface area contributed by atoms with Crippen molar-refractivity contribution in [3.63, 3.8) is 0 Å². The van der Waals surface area contributed by atoms with Crippen LogP contribution in [0.25, 0.3) is 0 Å². The summed E-state index contributed by atoms with van der Waals surface area (Å²) in [5, 5.41) is 3.30. The quantitative estimate of drug-likeness (QED) is 0.471. The molecule has 0 saturated heterocycles. The topological polar surface area (TPSA) is 75.7 Å². The van der Waals surface area contributed by atoms with Crippen molar-refractivity contribution in [3.8, 4) is 0 Å². The van der Waals surface area contributed by atoms with Gasteiger partial charge in [0.25, 0.3) is 15.9 Å². The van der Waals surface area contributed by atoms with Crippen LogP contribution in [0.2, 0.25) is 5.02 Å². The first-order valence-electron chi connectivity index (χ1n) is 10.4. The molecule has 0 aromatic heterocycles. The van der Waals surface area contributed by atoms with E-state index >= 15 is 0 Å². The molecule has 3 rings (SSSR count). The minimum atomic E-state index is -3.86. The Labute approximate surface area is 200 Å². The highest BCUT2D eigenvalue weighted by molar-refractivity contribution is 7.92. The van der Waals surface area contributed by atoms with Gasteiger partial charge in [0.05, 0.1) is 23.7 Å². The Morgan fingerprint density at radius 1 is 1.06 bits per heavy atom. The summed E-state index contributed by atoms with van der Waals surface area (Å²) in [6.45, 7) is 4.19. The van der Waals surface area contributed by atoms with Gasteiger partial charge in [-0.3, -0.25) is 9.10 Å². The van der Waals surface area contributed by atoms with E-state index in [1.165, 1.54) is 4.31 Å². The zero-order valence-corrected chi connectivity index (χ0v) is 20.4. The van der Waals surface area contributed by atoms with Gasteiger partial charge in [-0.25, -0.2) is 8.42 Å². The van der Waals surface area contributed by atoms with E-state index in [0.29, 0.717) is 22.9 Å². The van der Waals surface area contributed by atoms with Gasteiger partial charge in [0.2, 0.25) is 0 Å². The molecule has 0 unspecified atom stereocenters. The number of aryl methyl sites for hydroxylation is 1. The number of carbonyl (C=O) groups excluding carboxylic acids is 1. The number of anilines is 1. The molecular formula is C25H27ClN2O4S. The molecule has 0 heterocycles. The van der Waals surface area contributed by atoms with Gasteiger partial charge in [0.15, 0.2) is 0 Å². The lowest BCUT2D eigenvalue weighted by Crippen LogP contribution is -2.35. The summed E-state index contributed by atoms with van der Waals surface area (Å²) in [7, 11) is -2.28. The molecule has 0 bridgehead atoms. The number of ether oxygens (including phenoxy) is 1. The van der Waals surface area contributed by atoms with Crippen LogP contribution in [0.5, 0.6) is 0 Å². The van der Waals surface area contributed by atoms with Crippen LogP contribution in [-0.4, -0.2) is 34.1 Å². The minimum absolute atomic E-state index is 0.0837. The zero-order chi connectivity index (χ0) is 24.0. The lowest BCUT2D eigenvalue weighted by molar-refractivity contribution is 0.0905. The molecule has 8 heteroatoms. The van der Waals surface area contributed by atoms with Crippen molar-refractivity contribution in [2.45, 2.75) is 31.3 Å². The molecular weight excluding hydrogens is 460 g/mol. The first kappa shape index (κ1) is 24.8. The Morgan fingerprint density at radius 2 is 1.73 bits per heavy atom. The van der Waals surface area contributed by atoms with Crippen LogP contribution in [0, 0.1) is 6.92 Å². The summed E-state index contributed by atoms with van der Waals surface area (Å²) >= 11 is 6.20. The second-order valence-electron chi connectivity index (χ2n) is 7.78. The molecule has 0 aliphatic heterocycles. The van der Waals surface area contributed by atoms with Crippen molar-refractivity contribution >= 4 is 33.2 Å². The summed E-state index contributed by atoms with van der Waals surface area (Å²) in [5.41, 5.74) is 2.50. The molecule has 3 aromatic rings. The van der Waals surface area contributed by atoms with Gasteiger partial charge >= 0.3 is 0 Å². The number of amides is 1. The summed E-state index contributed by atoms with van der Waals surface area (Å²) in [4.78, 5) is 12.6. The number of carbonyl (C=O) groups is 1. The maximum Gasteiger partial charge on any atom is 0.264 e. The molecule has 174 valence electrons. The highest BCUT2D eigenvalue weighted by Crippen LogP contribution is 2.31. The SMILES string of the molecule is COC[C@H](C)NC(=O)c1ccc(CN(c2cc(Cl)ccc2C)S(=O)(=O)c2ccccc2)cc1. The number of nitrogens with zero attached hydrogens (tertiary/aromatic N) is 1. The van der Waals surface area contributed by atoms with Crippen molar-refractivity contribution in [2.24, 2.45) is 0 Å². The predicted molar refractivity (Wildman–Crippen MR) is 131 cm³/mol. The molecule has 0 aliphatic rings. The van der Waals surface area contributed by atoms with E-state index in [1.807, 2.05) is 13.8 Å². The van der Waals surface area contributed by atoms with E-state index in [1.54, 1.807) is 79.9 Å². The summed E-state index contributed by atoms with van der Waals surface area (Å²) in [6.07, 6.45) is 0. The molecule has 0 fully saturated rings. The van der Waals surface area contributed by atoms with Crippen LogP contribution in [-0.2, 0) is 21.3 Å². The second-order valence-corrected chi connectivity index (χ2v) is 10.1. The number of nitrogens with one attached hydrogen (secondary N) is 1. The lowest BCUT2D eigenvalue weighted by atomic mass is 10.1. The van der Waals surface area contributed by atoms with Crippen molar-refractivity contribution in [2.75, 3.05) is 18.0 Å². The van der Waals surface area contributed by atoms with Gasteiger partial charge in [0, 0.05) is 23.7 Å². The van der Waals surface area contributed by atoms with Crippen LogP contribution < -0.4 is 9.62 Å². The van der Waals surface area contributed by atoms with Crippen LogP contribution in [0.1, 0.15) is 28.4 Å². The van der Waals surface area contributed by atoms with Crippen LogP contribution in [0.15, 0.2) is 77.7 Å². The number of hydrogen-bond donors (Lipinski definition) is 1. The highest BCUT2D eigenvalue weighted by Gasteiger charge is 2.26. The van der Waals surface area contributed by atoms with Gasteiger partial charge in [-0.2, -0.15) is 0 Å². The van der Waals surface area contributed by atoms with Gasteiger partial charge in [-0.05, 0) is 61.4 Å². The number of sulfonamides is 1. The fraction of sp³-hybridized carbons (Fsp3) is 0.240. The fourth-order valence-corrected chi connectivity index (χ4v) is 5.09. The molecule has 1 N–H and O–H groups in total. The number of benzene rings is 3. The van der Waals surface area contributed by atoms with Gasteiger partial charge < -0.3 is 10.1 Å². The van der Waals surface area contributed by atoms with Gasteiger partial charge in [-0.1, -0.05) is 48.0 Å². The normalized spacial score (nSPS) is 12.2. The Bertz CT molecular complexity index is 1200. The zero-order valence-electron chi connectivity index (χ0n) is 18.8. The standard InChI is InChI=1S/C25H27ClN2O4S/c1-18-9-14-22(26)15-24(18)28(33(30,31)23-7-5-4-6-8-23)16-20-10-12-21(13-11-20)25(29)27-19(2)17-32-3/h4-15,19H,16-17H2,1-3H3,(H,27,29)/t19-/m0/s1. The molecule has 3 aromatic carbocycles. The fourth-order valence-electron chi connectivity index (χ4n) is 3.40. The molecule has 6 nitrogen and oxygen atoms in total. The van der Waals surface area contributed by atoms with Gasteiger partial charge in [0.1, 0.15) is 0 Å². The molecule has 1 atom stereocenters. The van der Waals surface area contributed by atoms with Crippen molar-refractivity contribution in [3.05, 3.63) is 94.5 Å². The average molecular weight is 487 g/mol. The average Bonchev–Trinajstić information content (AvgIpc) is 2.80. The van der Waals surface area contributed by atoms with Crippen molar-refractivity contribution in [1.82, 2.24) is 5.32 Å². The number of hydrogen-bond acceptors (Lipinski definition) is 4. The summed E-state index contributed by atoms with van der Waals surface area (Å²) in [5.74, 6) is -0.217. The first-order chi connectivity index (χ1) is 15.7. The molecule has 0 saturated carbocycles. The van der Waals surface area contributed by atoms with E-state index in [0.717, 1.165) is 11.1 Å². The number of halogens is 1. The lowest BCUT2D eigenvalue weighted by Gasteiger charge is -2.26. The second kappa shape index (κ2) is 10.8. The van der Waals surface area contributed by atoms with Crippen molar-refractivity contribution < 1.29 is 17.9 Å². The van der Waals surface area contributed by atoms with Gasteiger partial charge in [-0.15, -0.1) is 0 Å². The number of rotatable bonds is 9. The van der Waals surface area contributed by atoms with E-state index in [2.05, 4.69) is 5.32 Å². The summed E-state index contributed by atoms with van der Waals surface area (Å²) in [6, 6.07) is 20.2. The molecule has 0 aliphatic carbocycles. The van der Waals surface area contributed by atoms with Crippen LogP contribution >= 0.6 is 11.6 Å². The van der Waals surface area contributed by atoms with Crippen molar-refractivity contribution in [1.29, 1.82) is 0 Å². The maximum atomic E-state index is 13.6. The Kier molecular flexibility index (Phi) is 8.13. The minimum Gasteiger partial charge on any atom is -0.383 e. The van der Waals surface area contributed by atoms with E-state index in [4.69, 9.17) is 16.3 Å². The Balaban J connectivity index is 1.93. The van der Waals surface area contributed by atoms with E-state index in [-0.39, 0.29) is 23.4 Å². The smallest absolute Gasteiger partial charge is 0.264 e. The van der Waals surface area contributed by atoms with E-state index < -0.39 is 10.0 Å². The largest absolute Gasteiger partial charge is 0.383 e. The highest BCUT2D eigenvalue weighted by atomic mass is 35.5. The number of methoxy groups -OCH3 is 1. The molecule has 0 spiro atoms. The van der Waals surface area contributed by atoms with Crippen LogP contribution in [0.3, 0.4) is 0 Å². The first-order valence-corrected chi connectivity index (χ1v) is 12.3. The third-order valence-corrected chi connectivity index (χ3v) is 7.12. The maximum absolute atomic E-state index is 13.6. The Hall–Kier alpha value is -2.87. The van der Waals surface area contributed by atoms with Crippen LogP contribution in [0.4, 0.5) is 5.69 Å². The molecule has 33 heavy (non-hydrogen) atoms. The predicted octanol–water partition coefficient (Wildman–Crippen LogP) is 4.81. The molecule has 0 radical (unpaired) electrons. The molecule has 1 amide bonds. The third kappa shape index (κ3) is 6.13. The Morgan fingerprint density at radius 3 is 2.36 bits per heavy atom. The monoisotopic (exact) mass is 486 g/mol. The van der Waals surface area contributed by atoms with E-state index in [9.17, 15) is 13.2 Å².